The Kier molecular flexibility index (Phi) is 4.27. The van der Waals surface area contributed by atoms with Gasteiger partial charge in [0.15, 0.2) is 0 Å². The molecule has 5 heteroatoms. The summed E-state index contributed by atoms with van der Waals surface area (Å²) in [6.07, 6.45) is 0.112. The third-order valence-electron chi connectivity index (χ3n) is 2.71. The highest BCUT2D eigenvalue weighted by atomic mass is 32.1. The second-order valence-corrected chi connectivity index (χ2v) is 5.54. The van der Waals surface area contributed by atoms with Crippen LogP contribution in [0, 0.1) is 6.92 Å². The fourth-order valence-corrected chi connectivity index (χ4v) is 2.44. The Balaban J connectivity index is 2.10. The van der Waals surface area contributed by atoms with Gasteiger partial charge in [-0.05, 0) is 32.9 Å². The van der Waals surface area contributed by atoms with Gasteiger partial charge >= 0.3 is 0 Å². The Hall–Kier alpha value is -1.75. The van der Waals surface area contributed by atoms with Crippen LogP contribution in [0.2, 0.25) is 0 Å². The van der Waals surface area contributed by atoms with Gasteiger partial charge in [0.25, 0.3) is 0 Å². The van der Waals surface area contributed by atoms with E-state index in [-0.39, 0.29) is 6.10 Å². The van der Waals surface area contributed by atoms with Gasteiger partial charge in [-0.15, -0.1) is 11.3 Å². The van der Waals surface area contributed by atoms with E-state index in [0.717, 1.165) is 23.7 Å². The molecule has 1 aromatic carbocycles. The summed E-state index contributed by atoms with van der Waals surface area (Å²) < 4.78 is 5.67. The van der Waals surface area contributed by atoms with Crippen molar-refractivity contribution in [2.75, 3.05) is 11.1 Å². The van der Waals surface area contributed by atoms with E-state index in [9.17, 15) is 0 Å². The van der Waals surface area contributed by atoms with Crippen molar-refractivity contribution in [3.8, 4) is 5.75 Å². The fourth-order valence-electron chi connectivity index (χ4n) is 1.73. The maximum atomic E-state index is 6.11. The zero-order valence-electron chi connectivity index (χ0n) is 11.4. The van der Waals surface area contributed by atoms with Crippen LogP contribution in [-0.2, 0) is 6.54 Å². The summed E-state index contributed by atoms with van der Waals surface area (Å²) in [6.45, 7) is 6.71. The van der Waals surface area contributed by atoms with Crippen LogP contribution in [0.15, 0.2) is 23.7 Å². The number of thiazole rings is 1. The number of hydrogen-bond donors (Lipinski definition) is 2. The molecule has 0 aliphatic carbocycles. The second kappa shape index (κ2) is 5.93. The van der Waals surface area contributed by atoms with Crippen molar-refractivity contribution >= 4 is 22.7 Å². The van der Waals surface area contributed by atoms with Gasteiger partial charge in [0, 0.05) is 4.88 Å². The number of aromatic nitrogens is 1. The van der Waals surface area contributed by atoms with E-state index in [0.29, 0.717) is 5.69 Å². The number of rotatable bonds is 5. The predicted octanol–water partition coefficient (Wildman–Crippen LogP) is 3.43. The molecule has 1 heterocycles. The van der Waals surface area contributed by atoms with Crippen LogP contribution in [0.5, 0.6) is 5.75 Å². The van der Waals surface area contributed by atoms with Crippen LogP contribution < -0.4 is 15.8 Å². The first-order chi connectivity index (χ1) is 9.08. The molecule has 4 nitrogen and oxygen atoms in total. The van der Waals surface area contributed by atoms with Crippen molar-refractivity contribution in [3.05, 3.63) is 34.3 Å². The number of benzene rings is 1. The Bertz CT molecular complexity index is 551. The molecule has 0 unspecified atom stereocenters. The number of ether oxygens (including phenoxy) is 1. The zero-order chi connectivity index (χ0) is 13.8. The highest BCUT2D eigenvalue weighted by molar-refractivity contribution is 7.09. The molecule has 0 saturated carbocycles. The number of aryl methyl sites for hydroxylation is 1. The molecule has 19 heavy (non-hydrogen) atoms. The van der Waals surface area contributed by atoms with Gasteiger partial charge in [-0.2, -0.15) is 0 Å². The van der Waals surface area contributed by atoms with E-state index in [1.807, 2.05) is 44.5 Å². The number of para-hydroxylation sites is 1. The lowest BCUT2D eigenvalue weighted by atomic mass is 10.2. The van der Waals surface area contributed by atoms with Gasteiger partial charge in [-0.25, -0.2) is 4.98 Å². The molecular weight excluding hydrogens is 258 g/mol. The predicted molar refractivity (Wildman–Crippen MR) is 80.8 cm³/mol. The van der Waals surface area contributed by atoms with E-state index < -0.39 is 0 Å². The quantitative estimate of drug-likeness (QED) is 0.822. The molecule has 0 spiro atoms. The van der Waals surface area contributed by atoms with Gasteiger partial charge < -0.3 is 15.8 Å². The number of hydrogen-bond acceptors (Lipinski definition) is 5. The summed E-state index contributed by atoms with van der Waals surface area (Å²) in [6, 6.07) is 5.79. The largest absolute Gasteiger partial charge is 0.489 e. The van der Waals surface area contributed by atoms with Crippen LogP contribution >= 0.6 is 11.3 Å². The molecule has 0 saturated heterocycles. The summed E-state index contributed by atoms with van der Waals surface area (Å²) in [5.41, 5.74) is 10.6. The molecule has 102 valence electrons. The molecule has 0 atom stereocenters. The van der Waals surface area contributed by atoms with E-state index in [1.54, 1.807) is 11.3 Å². The van der Waals surface area contributed by atoms with E-state index >= 15 is 0 Å². The maximum absolute atomic E-state index is 6.11. The standard InChI is InChI=1S/C14H19N3OS/c1-9(2)18-12-6-4-5-11(14(12)15)16-7-13-10(3)17-8-19-13/h4-6,8-9,16H,7,15H2,1-3H3. The summed E-state index contributed by atoms with van der Waals surface area (Å²) in [4.78, 5) is 5.45. The lowest BCUT2D eigenvalue weighted by molar-refractivity contribution is 0.244. The van der Waals surface area contributed by atoms with Crippen LogP contribution in [0.1, 0.15) is 24.4 Å². The first-order valence-electron chi connectivity index (χ1n) is 6.26. The van der Waals surface area contributed by atoms with Crippen LogP contribution in [0.3, 0.4) is 0 Å². The van der Waals surface area contributed by atoms with Crippen molar-refractivity contribution in [2.24, 2.45) is 0 Å². The van der Waals surface area contributed by atoms with E-state index in [4.69, 9.17) is 10.5 Å². The lowest BCUT2D eigenvalue weighted by Crippen LogP contribution is -2.09. The van der Waals surface area contributed by atoms with Gasteiger partial charge in [0.2, 0.25) is 0 Å². The molecule has 0 fully saturated rings. The summed E-state index contributed by atoms with van der Waals surface area (Å²) in [7, 11) is 0. The minimum atomic E-state index is 0.112. The smallest absolute Gasteiger partial charge is 0.144 e. The van der Waals surface area contributed by atoms with Gasteiger partial charge in [-0.3, -0.25) is 0 Å². The average Bonchev–Trinajstić information content (AvgIpc) is 2.76. The first kappa shape index (κ1) is 13.7. The third-order valence-corrected chi connectivity index (χ3v) is 3.65. The van der Waals surface area contributed by atoms with Crippen molar-refractivity contribution in [3.63, 3.8) is 0 Å². The fraction of sp³-hybridized carbons (Fsp3) is 0.357. The molecule has 0 amide bonds. The van der Waals surface area contributed by atoms with Crippen LogP contribution in [-0.4, -0.2) is 11.1 Å². The van der Waals surface area contributed by atoms with Crippen molar-refractivity contribution < 1.29 is 4.74 Å². The number of anilines is 2. The van der Waals surface area contributed by atoms with Gasteiger partial charge in [0.05, 0.1) is 35.2 Å². The zero-order valence-corrected chi connectivity index (χ0v) is 12.3. The molecule has 3 N–H and O–H groups in total. The Morgan fingerprint density at radius 3 is 2.84 bits per heavy atom. The molecule has 2 aromatic rings. The molecule has 0 bridgehead atoms. The van der Waals surface area contributed by atoms with Crippen molar-refractivity contribution in [1.29, 1.82) is 0 Å². The lowest BCUT2D eigenvalue weighted by Gasteiger charge is -2.15. The Labute approximate surface area is 117 Å². The molecule has 0 aliphatic rings. The van der Waals surface area contributed by atoms with E-state index in [2.05, 4.69) is 10.3 Å². The Morgan fingerprint density at radius 1 is 1.42 bits per heavy atom. The summed E-state index contributed by atoms with van der Waals surface area (Å²) in [5, 5.41) is 3.34. The number of nitrogens with one attached hydrogen (secondary N) is 1. The molecule has 1 aromatic heterocycles. The summed E-state index contributed by atoms with van der Waals surface area (Å²) >= 11 is 1.64. The van der Waals surface area contributed by atoms with E-state index in [1.165, 1.54) is 4.88 Å². The molecule has 0 aliphatic heterocycles. The molecule has 0 radical (unpaired) electrons. The summed E-state index contributed by atoms with van der Waals surface area (Å²) in [5.74, 6) is 0.723. The average molecular weight is 277 g/mol. The highest BCUT2D eigenvalue weighted by Crippen LogP contribution is 2.30. The number of nitrogens with zero attached hydrogens (tertiary/aromatic N) is 1. The van der Waals surface area contributed by atoms with Crippen LogP contribution in [0.4, 0.5) is 11.4 Å². The second-order valence-electron chi connectivity index (χ2n) is 4.60. The van der Waals surface area contributed by atoms with Crippen molar-refractivity contribution in [2.45, 2.75) is 33.4 Å². The number of nitrogen functional groups attached to an aromatic ring is 1. The highest BCUT2D eigenvalue weighted by Gasteiger charge is 2.08. The van der Waals surface area contributed by atoms with Crippen LogP contribution in [0.25, 0.3) is 0 Å². The maximum Gasteiger partial charge on any atom is 0.144 e. The SMILES string of the molecule is Cc1ncsc1CNc1cccc(OC(C)C)c1N. The topological polar surface area (TPSA) is 60.2 Å². The first-order valence-corrected chi connectivity index (χ1v) is 7.14. The minimum Gasteiger partial charge on any atom is -0.489 e. The minimum absolute atomic E-state index is 0.112. The monoisotopic (exact) mass is 277 g/mol. The number of nitrogens with two attached hydrogens (primary N) is 1. The normalized spacial score (nSPS) is 10.7. The molecular formula is C14H19N3OS. The third kappa shape index (κ3) is 3.38. The van der Waals surface area contributed by atoms with Gasteiger partial charge in [-0.1, -0.05) is 6.07 Å². The van der Waals surface area contributed by atoms with Gasteiger partial charge in [0.1, 0.15) is 5.75 Å². The molecule has 2 rings (SSSR count). The van der Waals surface area contributed by atoms with Crippen molar-refractivity contribution in [1.82, 2.24) is 4.98 Å². The Morgan fingerprint density at radius 2 is 2.21 bits per heavy atom.